The van der Waals surface area contributed by atoms with Gasteiger partial charge >= 0.3 is 6.09 Å². The van der Waals surface area contributed by atoms with Crippen LogP contribution < -0.4 is 5.32 Å². The molecular weight excluding hydrogens is 693 g/mol. The fourth-order valence-corrected chi connectivity index (χ4v) is 7.10. The molecule has 3 heterocycles. The maximum atomic E-state index is 13.1. The summed E-state index contributed by atoms with van der Waals surface area (Å²) in [5.41, 5.74) is 6.15. The Bertz CT molecular complexity index is 2020. The molecule has 1 unspecified atom stereocenters. The monoisotopic (exact) mass is 730 g/mol. The van der Waals surface area contributed by atoms with Gasteiger partial charge in [0.05, 0.1) is 31.8 Å². The summed E-state index contributed by atoms with van der Waals surface area (Å²) in [5, 5.41) is 12.7. The Balaban J connectivity index is 0.998. The molecule has 2 N–H and O–H groups in total. The van der Waals surface area contributed by atoms with E-state index in [1.165, 1.54) is 16.7 Å². The Morgan fingerprint density at radius 1 is 0.830 bits per heavy atom. The van der Waals surface area contributed by atoms with E-state index in [4.69, 9.17) is 14.2 Å². The van der Waals surface area contributed by atoms with Gasteiger partial charge in [-0.3, -0.25) is 14.5 Å². The van der Waals surface area contributed by atoms with Gasteiger partial charge < -0.3 is 24.6 Å². The molecule has 53 heavy (non-hydrogen) atoms. The third kappa shape index (κ3) is 9.16. The second kappa shape index (κ2) is 17.0. The van der Waals surface area contributed by atoms with E-state index in [0.717, 1.165) is 38.9 Å². The first kappa shape index (κ1) is 36.0. The van der Waals surface area contributed by atoms with Crippen LogP contribution in [0.15, 0.2) is 127 Å². The topological polar surface area (TPSA) is 140 Å². The molecule has 3 amide bonds. The Kier molecular flexibility index (Phi) is 11.5. The summed E-state index contributed by atoms with van der Waals surface area (Å²) in [7, 11) is 0. The van der Waals surface area contributed by atoms with Crippen LogP contribution in [0.3, 0.4) is 0 Å². The highest BCUT2D eigenvalue weighted by molar-refractivity contribution is 7.99. The van der Waals surface area contributed by atoms with Gasteiger partial charge in [0, 0.05) is 30.1 Å². The van der Waals surface area contributed by atoms with Crippen molar-refractivity contribution in [2.75, 3.05) is 5.75 Å². The molecule has 0 spiro atoms. The molecule has 11 nitrogen and oxygen atoms in total. The third-order valence-corrected chi connectivity index (χ3v) is 10.1. The normalized spacial score (nSPS) is 20.0. The van der Waals surface area contributed by atoms with Crippen molar-refractivity contribution in [1.29, 1.82) is 0 Å². The van der Waals surface area contributed by atoms with Crippen LogP contribution in [0.4, 0.5) is 4.79 Å². The number of aliphatic hydroxyl groups is 1. The van der Waals surface area contributed by atoms with E-state index in [2.05, 4.69) is 15.3 Å². The Hall–Kier alpha value is -5.40. The Labute approximate surface area is 311 Å². The van der Waals surface area contributed by atoms with Crippen LogP contribution in [0.2, 0.25) is 0 Å². The first-order valence-corrected chi connectivity index (χ1v) is 18.3. The number of nitrogens with one attached hydrogen (secondary N) is 1. The number of carbonyl (C=O) groups excluding carboxylic acids is 3. The number of hydrogen-bond acceptors (Lipinski definition) is 10. The summed E-state index contributed by atoms with van der Waals surface area (Å²) in [6.07, 6.45) is 2.26. The number of aromatic nitrogens is 2. The average Bonchev–Trinajstić information content (AvgIpc) is 3.47. The van der Waals surface area contributed by atoms with Crippen molar-refractivity contribution >= 4 is 29.7 Å². The van der Waals surface area contributed by atoms with E-state index in [0.29, 0.717) is 17.3 Å². The van der Waals surface area contributed by atoms with Crippen molar-refractivity contribution in [3.05, 3.63) is 149 Å². The standard InChI is InChI=1S/C41H38N4O7S/c46-24-27-10-12-31(13-11-27)36-21-34(26-53-40-42-18-5-19-43-40)51-39(52-36)32-16-14-30(15-17-32)33-9-4-8-29(20-33)23-45-37(47)22-35(38(45)48)44-41(49)50-25-28-6-2-1-3-7-28/h1-20,34-36,39,46H,21-26H2,(H,44,49)/t34-,35?,36+,39+/m1/s1. The zero-order valence-corrected chi connectivity index (χ0v) is 29.6. The molecule has 1 aromatic heterocycles. The number of benzene rings is 4. The Morgan fingerprint density at radius 2 is 1.57 bits per heavy atom. The number of imide groups is 1. The van der Waals surface area contributed by atoms with Crippen LogP contribution in [0, 0.1) is 0 Å². The van der Waals surface area contributed by atoms with Crippen molar-refractivity contribution in [2.45, 2.75) is 62.3 Å². The first-order valence-electron chi connectivity index (χ1n) is 17.3. The van der Waals surface area contributed by atoms with E-state index >= 15 is 0 Å². The molecule has 4 atom stereocenters. The molecule has 270 valence electrons. The highest BCUT2D eigenvalue weighted by Crippen LogP contribution is 2.39. The maximum absolute atomic E-state index is 13.1. The highest BCUT2D eigenvalue weighted by Gasteiger charge is 2.40. The molecule has 0 radical (unpaired) electrons. The average molecular weight is 731 g/mol. The van der Waals surface area contributed by atoms with E-state index in [-0.39, 0.29) is 44.3 Å². The second-order valence-electron chi connectivity index (χ2n) is 12.8. The smallest absolute Gasteiger partial charge is 0.408 e. The number of likely N-dealkylation sites (tertiary alicyclic amines) is 1. The van der Waals surface area contributed by atoms with E-state index in [1.807, 2.05) is 103 Å². The minimum atomic E-state index is -0.977. The number of hydrogen-bond donors (Lipinski definition) is 2. The molecule has 5 aromatic rings. The quantitative estimate of drug-likeness (QED) is 0.0828. The number of ether oxygens (including phenoxy) is 3. The van der Waals surface area contributed by atoms with Gasteiger partial charge in [-0.1, -0.05) is 109 Å². The summed E-state index contributed by atoms with van der Waals surface area (Å²) in [6, 6.07) is 33.4. The summed E-state index contributed by atoms with van der Waals surface area (Å²) < 4.78 is 18.2. The number of thioether (sulfide) groups is 1. The zero-order valence-electron chi connectivity index (χ0n) is 28.7. The fourth-order valence-electron chi connectivity index (χ4n) is 6.28. The van der Waals surface area contributed by atoms with Crippen LogP contribution in [-0.4, -0.2) is 55.8 Å². The molecule has 12 heteroatoms. The summed E-state index contributed by atoms with van der Waals surface area (Å²) in [6.45, 7) is 0.118. The molecule has 7 rings (SSSR count). The van der Waals surface area contributed by atoms with Crippen molar-refractivity contribution in [3.63, 3.8) is 0 Å². The van der Waals surface area contributed by atoms with Gasteiger partial charge in [-0.05, 0) is 45.5 Å². The summed E-state index contributed by atoms with van der Waals surface area (Å²) >= 11 is 1.54. The summed E-state index contributed by atoms with van der Waals surface area (Å²) in [5.74, 6) is -0.178. The minimum Gasteiger partial charge on any atom is -0.445 e. The predicted molar refractivity (Wildman–Crippen MR) is 197 cm³/mol. The maximum Gasteiger partial charge on any atom is 0.408 e. The molecule has 0 saturated carbocycles. The molecule has 2 fully saturated rings. The number of alkyl carbamates (subject to hydrolysis) is 1. The van der Waals surface area contributed by atoms with Crippen molar-refractivity contribution in [1.82, 2.24) is 20.2 Å². The number of nitrogens with zero attached hydrogens (tertiary/aromatic N) is 3. The van der Waals surface area contributed by atoms with Gasteiger partial charge in [-0.25, -0.2) is 14.8 Å². The number of rotatable bonds is 12. The van der Waals surface area contributed by atoms with Gasteiger partial charge in [0.2, 0.25) is 5.91 Å². The lowest BCUT2D eigenvalue weighted by Crippen LogP contribution is -2.41. The predicted octanol–water partition coefficient (Wildman–Crippen LogP) is 6.53. The van der Waals surface area contributed by atoms with Gasteiger partial charge in [-0.2, -0.15) is 0 Å². The molecule has 2 aliphatic rings. The molecular formula is C41H38N4O7S. The van der Waals surface area contributed by atoms with Gasteiger partial charge in [-0.15, -0.1) is 0 Å². The molecule has 0 bridgehead atoms. The minimum absolute atomic E-state index is 0.0243. The lowest BCUT2D eigenvalue weighted by Gasteiger charge is -2.36. The summed E-state index contributed by atoms with van der Waals surface area (Å²) in [4.78, 5) is 48.2. The first-order chi connectivity index (χ1) is 25.9. The number of aliphatic hydroxyl groups excluding tert-OH is 1. The Morgan fingerprint density at radius 3 is 2.32 bits per heavy atom. The van der Waals surface area contributed by atoms with Crippen LogP contribution in [-0.2, 0) is 43.6 Å². The number of carbonyl (C=O) groups is 3. The SMILES string of the molecule is O=C(NC1CC(=O)N(Cc2cccc(-c3ccc([C@H]4O[C@@H](CSc5ncccn5)C[C@@H](c5ccc(CO)cc5)O4)cc3)c2)C1=O)OCc1ccccc1. The van der Waals surface area contributed by atoms with E-state index < -0.39 is 24.3 Å². The van der Waals surface area contributed by atoms with E-state index in [1.54, 1.807) is 18.5 Å². The molecule has 0 aliphatic carbocycles. The van der Waals surface area contributed by atoms with Crippen molar-refractivity contribution in [3.8, 4) is 11.1 Å². The van der Waals surface area contributed by atoms with E-state index in [9.17, 15) is 19.5 Å². The van der Waals surface area contributed by atoms with Gasteiger partial charge in [0.25, 0.3) is 5.91 Å². The van der Waals surface area contributed by atoms with Crippen LogP contribution in [0.5, 0.6) is 0 Å². The lowest BCUT2D eigenvalue weighted by atomic mass is 9.99. The third-order valence-electron chi connectivity index (χ3n) is 9.09. The number of amides is 3. The van der Waals surface area contributed by atoms with Crippen molar-refractivity contribution in [2.24, 2.45) is 0 Å². The fraction of sp³-hybridized carbons (Fsp3) is 0.244. The van der Waals surface area contributed by atoms with Crippen LogP contribution in [0.25, 0.3) is 11.1 Å². The lowest BCUT2D eigenvalue weighted by molar-refractivity contribution is -0.245. The van der Waals surface area contributed by atoms with Crippen molar-refractivity contribution < 1.29 is 33.7 Å². The largest absolute Gasteiger partial charge is 0.445 e. The molecule has 4 aromatic carbocycles. The molecule has 2 saturated heterocycles. The molecule has 2 aliphatic heterocycles. The van der Waals surface area contributed by atoms with Crippen LogP contribution >= 0.6 is 11.8 Å². The zero-order chi connectivity index (χ0) is 36.6. The van der Waals surface area contributed by atoms with Crippen LogP contribution in [0.1, 0.15) is 53.1 Å². The highest BCUT2D eigenvalue weighted by atomic mass is 32.2. The second-order valence-corrected chi connectivity index (χ2v) is 13.8. The van der Waals surface area contributed by atoms with Gasteiger partial charge in [0.15, 0.2) is 11.4 Å². The van der Waals surface area contributed by atoms with Gasteiger partial charge in [0.1, 0.15) is 12.6 Å².